The Morgan fingerprint density at radius 1 is 0.786 bits per heavy atom. The number of amides is 1. The maximum absolute atomic E-state index is 12.7. The van der Waals surface area contributed by atoms with Crippen LogP contribution < -0.4 is 5.32 Å². The topological polar surface area (TPSA) is 57.8 Å². The summed E-state index contributed by atoms with van der Waals surface area (Å²) in [5, 5.41) is 5.14. The lowest BCUT2D eigenvalue weighted by Gasteiger charge is -2.09. The van der Waals surface area contributed by atoms with Crippen LogP contribution in [0.2, 0.25) is 0 Å². The summed E-state index contributed by atoms with van der Waals surface area (Å²) in [6, 6.07) is 29.3. The number of nitrogens with zero attached hydrogens (tertiary/aromatic N) is 1. The molecule has 0 saturated carbocycles. The van der Waals surface area contributed by atoms with Crippen LogP contribution in [0.25, 0.3) is 33.2 Å². The van der Waals surface area contributed by atoms with E-state index in [1.807, 2.05) is 91.0 Å². The highest BCUT2D eigenvalue weighted by molar-refractivity contribution is 6.09. The average molecular weight is 363 g/mol. The van der Waals surface area contributed by atoms with Crippen molar-refractivity contribution in [2.24, 2.45) is 0 Å². The molecule has 5 aromatic rings. The zero-order chi connectivity index (χ0) is 18.9. The number of imidazole rings is 1. The van der Waals surface area contributed by atoms with Gasteiger partial charge in [0.25, 0.3) is 5.91 Å². The van der Waals surface area contributed by atoms with Gasteiger partial charge in [0.2, 0.25) is 0 Å². The first kappa shape index (κ1) is 16.3. The fourth-order valence-corrected chi connectivity index (χ4v) is 3.40. The number of hydrogen-bond acceptors (Lipinski definition) is 2. The van der Waals surface area contributed by atoms with Gasteiger partial charge in [0, 0.05) is 22.2 Å². The lowest BCUT2D eigenvalue weighted by Crippen LogP contribution is -2.12. The van der Waals surface area contributed by atoms with Gasteiger partial charge in [-0.25, -0.2) is 4.98 Å². The van der Waals surface area contributed by atoms with Gasteiger partial charge in [-0.3, -0.25) is 4.79 Å². The second-order valence-corrected chi connectivity index (χ2v) is 6.66. The molecule has 0 bridgehead atoms. The minimum absolute atomic E-state index is 0.132. The summed E-state index contributed by atoms with van der Waals surface area (Å²) < 4.78 is 0. The van der Waals surface area contributed by atoms with E-state index >= 15 is 0 Å². The molecule has 0 atom stereocenters. The number of anilines is 1. The molecule has 4 aromatic carbocycles. The van der Waals surface area contributed by atoms with Gasteiger partial charge in [-0.2, -0.15) is 0 Å². The number of carbonyl (C=O) groups is 1. The predicted molar refractivity (Wildman–Crippen MR) is 113 cm³/mol. The molecule has 0 aliphatic carbocycles. The van der Waals surface area contributed by atoms with Crippen LogP contribution in [-0.4, -0.2) is 15.9 Å². The van der Waals surface area contributed by atoms with Crippen LogP contribution in [0.5, 0.6) is 0 Å². The van der Waals surface area contributed by atoms with Gasteiger partial charge in [-0.05, 0) is 35.7 Å². The third-order valence-corrected chi connectivity index (χ3v) is 4.85. The molecule has 0 aliphatic rings. The first-order chi connectivity index (χ1) is 13.8. The van der Waals surface area contributed by atoms with Gasteiger partial charge in [0.05, 0.1) is 11.0 Å². The van der Waals surface area contributed by atoms with E-state index in [1.54, 1.807) is 0 Å². The van der Waals surface area contributed by atoms with E-state index in [4.69, 9.17) is 0 Å². The highest BCUT2D eigenvalue weighted by atomic mass is 16.1. The van der Waals surface area contributed by atoms with Crippen molar-refractivity contribution in [3.8, 4) is 11.4 Å². The molecule has 0 aliphatic heterocycles. The molecule has 0 spiro atoms. The Kier molecular flexibility index (Phi) is 3.87. The second-order valence-electron chi connectivity index (χ2n) is 6.66. The lowest BCUT2D eigenvalue weighted by molar-refractivity contribution is 0.102. The van der Waals surface area contributed by atoms with E-state index in [2.05, 4.69) is 15.3 Å². The van der Waals surface area contributed by atoms with E-state index in [1.165, 1.54) is 0 Å². The minimum atomic E-state index is -0.132. The number of rotatable bonds is 3. The Morgan fingerprint density at radius 2 is 1.54 bits per heavy atom. The van der Waals surface area contributed by atoms with Crippen LogP contribution in [-0.2, 0) is 0 Å². The summed E-state index contributed by atoms with van der Waals surface area (Å²) in [6.07, 6.45) is 0. The van der Waals surface area contributed by atoms with E-state index < -0.39 is 0 Å². The van der Waals surface area contributed by atoms with Gasteiger partial charge in [0.1, 0.15) is 5.82 Å². The standard InChI is InChI=1S/C24H17N3O/c28-24(27-20-11-5-7-16-6-1-2-8-19(16)20)18-14-12-17(13-15-18)23-25-21-9-3-4-10-22(21)26-23/h1-15H,(H,25,26)(H,27,28). The summed E-state index contributed by atoms with van der Waals surface area (Å²) in [6.45, 7) is 0. The molecule has 1 heterocycles. The summed E-state index contributed by atoms with van der Waals surface area (Å²) in [5.41, 5.74) is 4.28. The van der Waals surface area contributed by atoms with Crippen molar-refractivity contribution in [2.45, 2.75) is 0 Å². The molecule has 28 heavy (non-hydrogen) atoms. The van der Waals surface area contributed by atoms with Gasteiger partial charge < -0.3 is 10.3 Å². The molecule has 1 amide bonds. The smallest absolute Gasteiger partial charge is 0.255 e. The Bertz CT molecular complexity index is 1260. The molecule has 134 valence electrons. The largest absolute Gasteiger partial charge is 0.338 e. The number of aromatic nitrogens is 2. The number of fused-ring (bicyclic) bond motifs is 2. The maximum Gasteiger partial charge on any atom is 0.255 e. The summed E-state index contributed by atoms with van der Waals surface area (Å²) in [7, 11) is 0. The molecule has 5 rings (SSSR count). The number of carbonyl (C=O) groups excluding carboxylic acids is 1. The van der Waals surface area contributed by atoms with Gasteiger partial charge in [-0.1, -0.05) is 60.7 Å². The summed E-state index contributed by atoms with van der Waals surface area (Å²) in [4.78, 5) is 20.6. The minimum Gasteiger partial charge on any atom is -0.338 e. The first-order valence-corrected chi connectivity index (χ1v) is 9.12. The number of para-hydroxylation sites is 2. The van der Waals surface area contributed by atoms with E-state index in [0.29, 0.717) is 5.56 Å². The highest BCUT2D eigenvalue weighted by Crippen LogP contribution is 2.24. The van der Waals surface area contributed by atoms with Crippen LogP contribution in [0.1, 0.15) is 10.4 Å². The lowest BCUT2D eigenvalue weighted by atomic mass is 10.1. The average Bonchev–Trinajstić information content (AvgIpc) is 3.18. The number of hydrogen-bond donors (Lipinski definition) is 2. The zero-order valence-electron chi connectivity index (χ0n) is 15.0. The van der Waals surface area contributed by atoms with E-state index in [9.17, 15) is 4.79 Å². The molecule has 0 saturated heterocycles. The number of nitrogens with one attached hydrogen (secondary N) is 2. The molecule has 2 N–H and O–H groups in total. The Labute approximate surface area is 161 Å². The molecule has 0 radical (unpaired) electrons. The van der Waals surface area contributed by atoms with Crippen LogP contribution in [0.15, 0.2) is 91.0 Å². The van der Waals surface area contributed by atoms with E-state index in [0.717, 1.165) is 38.9 Å². The van der Waals surface area contributed by atoms with Crippen molar-refractivity contribution in [1.29, 1.82) is 0 Å². The van der Waals surface area contributed by atoms with Crippen molar-refractivity contribution in [3.63, 3.8) is 0 Å². The molecular weight excluding hydrogens is 346 g/mol. The second kappa shape index (κ2) is 6.67. The van der Waals surface area contributed by atoms with Gasteiger partial charge >= 0.3 is 0 Å². The fourth-order valence-electron chi connectivity index (χ4n) is 3.40. The SMILES string of the molecule is O=C(Nc1cccc2ccccc12)c1ccc(-c2nc3ccccc3[nH]2)cc1. The van der Waals surface area contributed by atoms with Crippen LogP contribution in [0.4, 0.5) is 5.69 Å². The first-order valence-electron chi connectivity index (χ1n) is 9.12. The zero-order valence-corrected chi connectivity index (χ0v) is 15.0. The van der Waals surface area contributed by atoms with Gasteiger partial charge in [0.15, 0.2) is 0 Å². The van der Waals surface area contributed by atoms with Crippen molar-refractivity contribution in [3.05, 3.63) is 96.6 Å². The van der Waals surface area contributed by atoms with Crippen LogP contribution >= 0.6 is 0 Å². The molecule has 0 unspecified atom stereocenters. The summed E-state index contributed by atoms with van der Waals surface area (Å²) >= 11 is 0. The molecule has 4 nitrogen and oxygen atoms in total. The normalized spacial score (nSPS) is 11.0. The van der Waals surface area contributed by atoms with Crippen LogP contribution in [0.3, 0.4) is 0 Å². The Hall–Kier alpha value is -3.92. The molecule has 4 heteroatoms. The quantitative estimate of drug-likeness (QED) is 0.436. The molecule has 0 fully saturated rings. The monoisotopic (exact) mass is 363 g/mol. The Balaban J connectivity index is 1.41. The highest BCUT2D eigenvalue weighted by Gasteiger charge is 2.10. The number of H-pyrrole nitrogens is 1. The fraction of sp³-hybridized carbons (Fsp3) is 0. The number of benzene rings is 4. The third-order valence-electron chi connectivity index (χ3n) is 4.85. The van der Waals surface area contributed by atoms with Crippen molar-refractivity contribution in [1.82, 2.24) is 9.97 Å². The number of aromatic amines is 1. The molecular formula is C24H17N3O. The molecule has 1 aromatic heterocycles. The maximum atomic E-state index is 12.7. The van der Waals surface area contributed by atoms with Crippen molar-refractivity contribution in [2.75, 3.05) is 5.32 Å². The van der Waals surface area contributed by atoms with Crippen LogP contribution in [0, 0.1) is 0 Å². The third kappa shape index (κ3) is 2.91. The summed E-state index contributed by atoms with van der Waals surface area (Å²) in [5.74, 6) is 0.662. The van der Waals surface area contributed by atoms with Gasteiger partial charge in [-0.15, -0.1) is 0 Å². The predicted octanol–water partition coefficient (Wildman–Crippen LogP) is 5.64. The van der Waals surface area contributed by atoms with Crippen molar-refractivity contribution >= 4 is 33.4 Å². The van der Waals surface area contributed by atoms with E-state index in [-0.39, 0.29) is 5.91 Å². The van der Waals surface area contributed by atoms with Crippen molar-refractivity contribution < 1.29 is 4.79 Å². The Morgan fingerprint density at radius 3 is 2.39 bits per heavy atom.